The largest absolute Gasteiger partial charge is 0.480 e. The first-order chi connectivity index (χ1) is 6.03. The van der Waals surface area contributed by atoms with Gasteiger partial charge in [0.2, 0.25) is 5.88 Å². The highest BCUT2D eigenvalue weighted by Crippen LogP contribution is 2.19. The van der Waals surface area contributed by atoms with Crippen LogP contribution in [0.3, 0.4) is 0 Å². The minimum atomic E-state index is -1.29. The van der Waals surface area contributed by atoms with Gasteiger partial charge in [-0.15, -0.1) is 16.9 Å². The second kappa shape index (κ2) is 3.94. The summed E-state index contributed by atoms with van der Waals surface area (Å²) in [5.41, 5.74) is 5.04. The summed E-state index contributed by atoms with van der Waals surface area (Å²) < 4.78 is 5.06. The third kappa shape index (κ3) is 3.21. The van der Waals surface area contributed by atoms with Crippen LogP contribution < -0.4 is 4.74 Å². The van der Waals surface area contributed by atoms with Gasteiger partial charge in [0.1, 0.15) is 13.0 Å². The fourth-order valence-electron chi connectivity index (χ4n) is 0.709. The maximum absolute atomic E-state index is 5.06. The Kier molecular flexibility index (Phi) is 3.12. The van der Waals surface area contributed by atoms with Gasteiger partial charge < -0.3 is 4.74 Å². The predicted octanol–water partition coefficient (Wildman–Crippen LogP) is 2.38. The SMILES string of the molecule is COc1ncsc1C#C[Si](C)(C)C. The van der Waals surface area contributed by atoms with Crippen LogP contribution in [0, 0.1) is 11.5 Å². The zero-order valence-electron chi connectivity index (χ0n) is 8.34. The molecule has 0 bridgehead atoms. The molecule has 13 heavy (non-hydrogen) atoms. The van der Waals surface area contributed by atoms with Crippen molar-refractivity contribution in [3.8, 4) is 17.3 Å². The van der Waals surface area contributed by atoms with Gasteiger partial charge >= 0.3 is 0 Å². The molecule has 1 aromatic rings. The van der Waals surface area contributed by atoms with Crippen molar-refractivity contribution in [1.29, 1.82) is 0 Å². The van der Waals surface area contributed by atoms with Gasteiger partial charge in [-0.2, -0.15) is 0 Å². The van der Waals surface area contributed by atoms with Crippen molar-refractivity contribution in [3.05, 3.63) is 10.4 Å². The molecule has 0 fully saturated rings. The molecule has 4 heteroatoms. The Morgan fingerprint density at radius 2 is 2.15 bits per heavy atom. The first kappa shape index (κ1) is 10.3. The molecule has 0 atom stereocenters. The summed E-state index contributed by atoms with van der Waals surface area (Å²) in [5, 5.41) is 0. The van der Waals surface area contributed by atoms with Gasteiger partial charge in [-0.1, -0.05) is 25.6 Å². The molecule has 0 N–H and O–H groups in total. The summed E-state index contributed by atoms with van der Waals surface area (Å²) in [7, 11) is 0.333. The van der Waals surface area contributed by atoms with Crippen molar-refractivity contribution < 1.29 is 4.74 Å². The Balaban J connectivity index is 2.89. The molecular weight excluding hydrogens is 198 g/mol. The zero-order valence-corrected chi connectivity index (χ0v) is 10.2. The Labute approximate surface area is 84.0 Å². The van der Waals surface area contributed by atoms with E-state index >= 15 is 0 Å². The molecule has 1 rings (SSSR count). The van der Waals surface area contributed by atoms with E-state index in [0.29, 0.717) is 5.88 Å². The van der Waals surface area contributed by atoms with Crippen molar-refractivity contribution in [3.63, 3.8) is 0 Å². The van der Waals surface area contributed by atoms with E-state index < -0.39 is 8.07 Å². The molecule has 2 nitrogen and oxygen atoms in total. The summed E-state index contributed by atoms with van der Waals surface area (Å²) >= 11 is 1.53. The van der Waals surface area contributed by atoms with Crippen LogP contribution in [0.25, 0.3) is 0 Å². The molecule has 0 amide bonds. The van der Waals surface area contributed by atoms with Gasteiger partial charge in [0.15, 0.2) is 0 Å². The lowest BCUT2D eigenvalue weighted by molar-refractivity contribution is 0.399. The molecule has 0 aliphatic carbocycles. The standard InChI is InChI=1S/C9H13NOSSi/c1-11-9-8(12-7-10-9)5-6-13(2,3)4/h7H,1-4H3. The van der Waals surface area contributed by atoms with E-state index in [0.717, 1.165) is 4.88 Å². The van der Waals surface area contributed by atoms with E-state index in [1.54, 1.807) is 12.6 Å². The number of rotatable bonds is 1. The van der Waals surface area contributed by atoms with Crippen molar-refractivity contribution in [2.24, 2.45) is 0 Å². The molecule has 0 aliphatic rings. The smallest absolute Gasteiger partial charge is 0.240 e. The first-order valence-electron chi connectivity index (χ1n) is 4.03. The quantitative estimate of drug-likeness (QED) is 0.525. The third-order valence-electron chi connectivity index (χ3n) is 1.28. The van der Waals surface area contributed by atoms with Gasteiger partial charge in [0.25, 0.3) is 0 Å². The Bertz CT molecular complexity index is 342. The molecule has 0 saturated heterocycles. The van der Waals surface area contributed by atoms with Crippen LogP contribution in [0.15, 0.2) is 5.51 Å². The number of aromatic nitrogens is 1. The van der Waals surface area contributed by atoms with E-state index in [9.17, 15) is 0 Å². The van der Waals surface area contributed by atoms with Crippen LogP contribution in [0.4, 0.5) is 0 Å². The summed E-state index contributed by atoms with van der Waals surface area (Å²) in [6, 6.07) is 0. The minimum Gasteiger partial charge on any atom is -0.480 e. The molecule has 0 unspecified atom stereocenters. The van der Waals surface area contributed by atoms with E-state index in [1.165, 1.54) is 11.3 Å². The van der Waals surface area contributed by atoms with Crippen LogP contribution in [0.2, 0.25) is 19.6 Å². The highest BCUT2D eigenvalue weighted by Gasteiger charge is 2.09. The molecule has 0 aromatic carbocycles. The summed E-state index contributed by atoms with van der Waals surface area (Å²) in [5.74, 6) is 3.78. The van der Waals surface area contributed by atoms with Crippen LogP contribution in [-0.2, 0) is 0 Å². The number of nitrogens with zero attached hydrogens (tertiary/aromatic N) is 1. The molecule has 0 aliphatic heterocycles. The average Bonchev–Trinajstić information content (AvgIpc) is 2.46. The Hall–Kier alpha value is -0.793. The van der Waals surface area contributed by atoms with Crippen LogP contribution in [0.1, 0.15) is 4.88 Å². The number of thiazole rings is 1. The summed E-state index contributed by atoms with van der Waals surface area (Å²) in [6.07, 6.45) is 0. The lowest BCUT2D eigenvalue weighted by Crippen LogP contribution is -2.16. The van der Waals surface area contributed by atoms with Crippen LogP contribution in [0.5, 0.6) is 5.88 Å². The number of hydrogen-bond acceptors (Lipinski definition) is 3. The predicted molar refractivity (Wildman–Crippen MR) is 58.9 cm³/mol. The minimum absolute atomic E-state index is 0.649. The lowest BCUT2D eigenvalue weighted by atomic mass is 10.5. The summed E-state index contributed by atoms with van der Waals surface area (Å²) in [4.78, 5) is 4.98. The van der Waals surface area contributed by atoms with Crippen molar-refractivity contribution in [1.82, 2.24) is 4.98 Å². The van der Waals surface area contributed by atoms with Crippen molar-refractivity contribution >= 4 is 19.4 Å². The first-order valence-corrected chi connectivity index (χ1v) is 8.41. The third-order valence-corrected chi connectivity index (χ3v) is 2.88. The Morgan fingerprint density at radius 1 is 1.46 bits per heavy atom. The second-order valence-electron chi connectivity index (χ2n) is 3.69. The van der Waals surface area contributed by atoms with E-state index in [-0.39, 0.29) is 0 Å². The van der Waals surface area contributed by atoms with Gasteiger partial charge in [-0.25, -0.2) is 4.98 Å². The topological polar surface area (TPSA) is 22.1 Å². The number of hydrogen-bond donors (Lipinski definition) is 0. The maximum Gasteiger partial charge on any atom is 0.240 e. The summed E-state index contributed by atoms with van der Waals surface area (Å²) in [6.45, 7) is 6.65. The normalized spacial score (nSPS) is 10.5. The Morgan fingerprint density at radius 3 is 2.69 bits per heavy atom. The fourth-order valence-corrected chi connectivity index (χ4v) is 1.90. The van der Waals surface area contributed by atoms with E-state index in [1.807, 2.05) is 0 Å². The lowest BCUT2D eigenvalue weighted by Gasteiger charge is -2.02. The molecule has 1 heterocycles. The molecule has 0 spiro atoms. The van der Waals surface area contributed by atoms with Crippen LogP contribution >= 0.6 is 11.3 Å². The molecule has 0 saturated carbocycles. The highest BCUT2D eigenvalue weighted by molar-refractivity contribution is 7.10. The molecule has 0 radical (unpaired) electrons. The maximum atomic E-state index is 5.06. The molecule has 1 aromatic heterocycles. The van der Waals surface area contributed by atoms with Crippen molar-refractivity contribution in [2.75, 3.05) is 7.11 Å². The average molecular weight is 211 g/mol. The monoisotopic (exact) mass is 211 g/mol. The second-order valence-corrected chi connectivity index (χ2v) is 9.30. The van der Waals surface area contributed by atoms with Gasteiger partial charge in [0, 0.05) is 0 Å². The number of methoxy groups -OCH3 is 1. The van der Waals surface area contributed by atoms with Gasteiger partial charge in [-0.3, -0.25) is 0 Å². The fraction of sp³-hybridized carbons (Fsp3) is 0.444. The van der Waals surface area contributed by atoms with Crippen molar-refractivity contribution in [2.45, 2.75) is 19.6 Å². The van der Waals surface area contributed by atoms with Crippen LogP contribution in [-0.4, -0.2) is 20.2 Å². The molecule has 70 valence electrons. The van der Waals surface area contributed by atoms with E-state index in [4.69, 9.17) is 4.74 Å². The van der Waals surface area contributed by atoms with Gasteiger partial charge in [-0.05, 0) is 0 Å². The highest BCUT2D eigenvalue weighted by atomic mass is 32.1. The number of ether oxygens (including phenoxy) is 1. The van der Waals surface area contributed by atoms with E-state index in [2.05, 4.69) is 36.1 Å². The molecular formula is C9H13NOSSi. The zero-order chi connectivity index (χ0) is 9.90. The van der Waals surface area contributed by atoms with Gasteiger partial charge in [0.05, 0.1) is 12.6 Å².